The Labute approximate surface area is 351 Å². The van der Waals surface area contributed by atoms with Crippen molar-refractivity contribution in [3.05, 3.63) is 36.0 Å². The van der Waals surface area contributed by atoms with E-state index in [0.717, 1.165) is 12.7 Å². The largest absolute Gasteiger partial charge is 0.466 e. The van der Waals surface area contributed by atoms with Crippen molar-refractivity contribution < 1.29 is 63.3 Å². The highest BCUT2D eigenvalue weighted by Crippen LogP contribution is 2.35. The van der Waals surface area contributed by atoms with Crippen molar-refractivity contribution in [2.45, 2.75) is 160 Å². The van der Waals surface area contributed by atoms with E-state index < -0.39 is 83.9 Å². The lowest BCUT2D eigenvalue weighted by molar-refractivity contribution is -0.188. The number of cyclic esters (lactones) is 1. The van der Waals surface area contributed by atoms with Crippen LogP contribution in [0.3, 0.4) is 0 Å². The smallest absolute Gasteiger partial charge is 0.348 e. The van der Waals surface area contributed by atoms with Crippen LogP contribution in [-0.4, -0.2) is 138 Å². The van der Waals surface area contributed by atoms with Crippen LogP contribution in [0.25, 0.3) is 0 Å². The Morgan fingerprint density at radius 1 is 0.915 bits per heavy atom. The molecule has 1 saturated heterocycles. The zero-order valence-corrected chi connectivity index (χ0v) is 36.8. The Hall–Kier alpha value is -2.98. The summed E-state index contributed by atoms with van der Waals surface area (Å²) in [6.45, 7) is 12.8. The zero-order chi connectivity index (χ0) is 44.2. The topological polar surface area (TPSA) is 199 Å². The Bertz CT molecular complexity index is 1480. The van der Waals surface area contributed by atoms with Gasteiger partial charge in [0.1, 0.15) is 24.0 Å². The molecule has 14 nitrogen and oxygen atoms in total. The minimum absolute atomic E-state index is 0.0230. The lowest BCUT2D eigenvalue weighted by Crippen LogP contribution is -2.63. The third kappa shape index (κ3) is 12.8. The lowest BCUT2D eigenvalue weighted by atomic mass is 9.80. The Morgan fingerprint density at radius 2 is 1.56 bits per heavy atom. The minimum atomic E-state index is -2.76. The highest BCUT2D eigenvalue weighted by molar-refractivity contribution is 6.07. The van der Waals surface area contributed by atoms with Gasteiger partial charge in [0.25, 0.3) is 5.91 Å². The molecule has 3 rings (SSSR count). The fraction of sp³-hybridized carbons (Fsp3) is 0.778. The van der Waals surface area contributed by atoms with Crippen molar-refractivity contribution in [3.8, 4) is 0 Å². The van der Waals surface area contributed by atoms with Crippen molar-refractivity contribution in [3.63, 3.8) is 0 Å². The summed E-state index contributed by atoms with van der Waals surface area (Å²) in [6, 6.07) is -1.20. The second kappa shape index (κ2) is 23.3. The SMILES string of the molecule is C=CC[C@@H]1/C=C(\C)C[C@H](C)C[C@H](OC)[C@@H](O)[C@@H](OC)C[C@@H](C)C(O)(C(=O)OC)C(=O)N2CCCC[C@H]2C(=O)O[C@H](/C(C)=C/[C@@H]2CC[C@@H](O)[C@H](OC)C2)[C@H](C)[C@@H](O)CC1=O. The summed E-state index contributed by atoms with van der Waals surface area (Å²) in [4.78, 5) is 57.6. The first kappa shape index (κ1) is 50.4. The highest BCUT2D eigenvalue weighted by Gasteiger charge is 2.55. The average molecular weight is 836 g/mol. The molecule has 4 N–H and O–H groups in total. The van der Waals surface area contributed by atoms with E-state index in [2.05, 4.69) is 6.58 Å². The molecule has 1 unspecified atom stereocenters. The lowest BCUT2D eigenvalue weighted by Gasteiger charge is -2.42. The standard InChI is InChI=1S/C45H73NO13/c1-11-14-32-20-26(2)19-27(3)21-38(56-8)40(50)39(57-9)23-29(5)45(54,44(53)58-10)43(52)46-18-13-12-15-33(46)42(51)59-41(30(6)35(48)25-36(32)49)28(4)22-31-16-17-34(47)37(24-31)55-7/h11,20,22,27,29-35,37-41,47-48,50,54H,1,12-19,21,23-25H2,2-10H3/b26-20+,28-22+/t27-,29+,30+,31-,32+,33-,34+,35-,37+,38-,39-,40+,41+,45?/m0/s1. The first-order valence-electron chi connectivity index (χ1n) is 21.3. The van der Waals surface area contributed by atoms with E-state index in [1.807, 2.05) is 26.0 Å². The maximum absolute atomic E-state index is 14.6. The number of amides is 1. The number of esters is 2. The monoisotopic (exact) mass is 836 g/mol. The summed E-state index contributed by atoms with van der Waals surface area (Å²) in [5.74, 6) is -5.80. The number of ketones is 1. The number of hydrogen-bond acceptors (Lipinski definition) is 13. The molecule has 59 heavy (non-hydrogen) atoms. The van der Waals surface area contributed by atoms with E-state index >= 15 is 0 Å². The van der Waals surface area contributed by atoms with Gasteiger partial charge < -0.3 is 49.0 Å². The van der Waals surface area contributed by atoms with Crippen LogP contribution in [0.2, 0.25) is 0 Å². The molecule has 1 saturated carbocycles. The second-order valence-corrected chi connectivity index (χ2v) is 17.4. The van der Waals surface area contributed by atoms with Gasteiger partial charge in [0.15, 0.2) is 0 Å². The van der Waals surface area contributed by atoms with Crippen LogP contribution in [0, 0.1) is 29.6 Å². The number of Topliss-reactive ketones (excluding diaryl/α,β-unsaturated/α-hetero) is 1. The van der Waals surface area contributed by atoms with Crippen molar-refractivity contribution in [2.24, 2.45) is 29.6 Å². The molecule has 336 valence electrons. The fourth-order valence-electron chi connectivity index (χ4n) is 9.29. The van der Waals surface area contributed by atoms with Crippen LogP contribution in [0.1, 0.15) is 105 Å². The number of ether oxygens (including phenoxy) is 5. The molecule has 0 aromatic heterocycles. The number of nitrogens with zero attached hydrogens (tertiary/aromatic N) is 1. The van der Waals surface area contributed by atoms with Gasteiger partial charge in [-0.2, -0.15) is 0 Å². The van der Waals surface area contributed by atoms with Gasteiger partial charge in [-0.25, -0.2) is 9.59 Å². The summed E-state index contributed by atoms with van der Waals surface area (Å²) in [6.07, 6.45) is 3.23. The Balaban J connectivity index is 2.17. The maximum Gasteiger partial charge on any atom is 0.348 e. The third-order valence-electron chi connectivity index (χ3n) is 12.9. The van der Waals surface area contributed by atoms with Crippen LogP contribution >= 0.6 is 0 Å². The van der Waals surface area contributed by atoms with Gasteiger partial charge in [0.2, 0.25) is 5.60 Å². The van der Waals surface area contributed by atoms with Gasteiger partial charge in [0.05, 0.1) is 37.6 Å². The van der Waals surface area contributed by atoms with Crippen LogP contribution in [0.4, 0.5) is 0 Å². The molecule has 0 radical (unpaired) electrons. The average Bonchev–Trinajstić information content (AvgIpc) is 3.22. The molecule has 0 bridgehead atoms. The van der Waals surface area contributed by atoms with Gasteiger partial charge in [-0.3, -0.25) is 9.59 Å². The van der Waals surface area contributed by atoms with E-state index in [0.29, 0.717) is 56.9 Å². The molecule has 14 heteroatoms. The van der Waals surface area contributed by atoms with Gasteiger partial charge in [-0.05, 0) is 95.5 Å². The Morgan fingerprint density at radius 3 is 2.17 bits per heavy atom. The number of aliphatic hydroxyl groups is 4. The minimum Gasteiger partial charge on any atom is -0.466 e. The number of methoxy groups -OCH3 is 4. The molecule has 1 aliphatic carbocycles. The molecule has 2 aliphatic heterocycles. The first-order valence-corrected chi connectivity index (χ1v) is 21.3. The van der Waals surface area contributed by atoms with Crippen LogP contribution in [-0.2, 0) is 42.9 Å². The van der Waals surface area contributed by atoms with Crippen molar-refractivity contribution in [2.75, 3.05) is 35.0 Å². The number of carbonyl (C=O) groups excluding carboxylic acids is 4. The number of fused-ring (bicyclic) bond motifs is 1. The van der Waals surface area contributed by atoms with Crippen LogP contribution in [0.5, 0.6) is 0 Å². The van der Waals surface area contributed by atoms with Gasteiger partial charge >= 0.3 is 11.9 Å². The molecule has 14 atom stereocenters. The fourth-order valence-corrected chi connectivity index (χ4v) is 9.29. The molecule has 0 spiro atoms. The summed E-state index contributed by atoms with van der Waals surface area (Å²) in [7, 11) is 5.47. The summed E-state index contributed by atoms with van der Waals surface area (Å²) in [5, 5.41) is 45.9. The first-order chi connectivity index (χ1) is 27.9. The highest BCUT2D eigenvalue weighted by atomic mass is 16.6. The normalized spacial score (nSPS) is 39.1. The molecule has 0 aromatic rings. The van der Waals surface area contributed by atoms with Crippen molar-refractivity contribution in [1.29, 1.82) is 0 Å². The van der Waals surface area contributed by atoms with E-state index in [1.54, 1.807) is 27.0 Å². The molecular weight excluding hydrogens is 762 g/mol. The molecule has 0 aromatic carbocycles. The molecule has 2 heterocycles. The number of rotatable bonds is 8. The van der Waals surface area contributed by atoms with E-state index in [4.69, 9.17) is 23.7 Å². The Kier molecular flexibility index (Phi) is 19.9. The van der Waals surface area contributed by atoms with Crippen molar-refractivity contribution in [1.82, 2.24) is 4.90 Å². The van der Waals surface area contributed by atoms with E-state index in [-0.39, 0.29) is 49.5 Å². The number of hydrogen-bond donors (Lipinski definition) is 4. The van der Waals surface area contributed by atoms with Crippen molar-refractivity contribution >= 4 is 23.6 Å². The second-order valence-electron chi connectivity index (χ2n) is 17.4. The zero-order valence-electron chi connectivity index (χ0n) is 36.8. The summed E-state index contributed by atoms with van der Waals surface area (Å²) in [5.41, 5.74) is -1.21. The van der Waals surface area contributed by atoms with Gasteiger partial charge in [-0.1, -0.05) is 44.6 Å². The predicted molar refractivity (Wildman–Crippen MR) is 221 cm³/mol. The summed E-state index contributed by atoms with van der Waals surface area (Å²) < 4.78 is 28.3. The van der Waals surface area contributed by atoms with Crippen LogP contribution < -0.4 is 0 Å². The van der Waals surface area contributed by atoms with Gasteiger partial charge in [0, 0.05) is 52.0 Å². The number of carbonyl (C=O) groups is 4. The number of allylic oxidation sites excluding steroid dienone is 4. The number of piperidine rings is 1. The predicted octanol–water partition coefficient (Wildman–Crippen LogP) is 4.25. The third-order valence-corrected chi connectivity index (χ3v) is 12.9. The number of aliphatic hydroxyl groups excluding tert-OH is 3. The maximum atomic E-state index is 14.6. The van der Waals surface area contributed by atoms with E-state index in [1.165, 1.54) is 26.0 Å². The molecule has 1 amide bonds. The van der Waals surface area contributed by atoms with E-state index in [9.17, 15) is 39.6 Å². The molecule has 2 fully saturated rings. The molecule has 3 aliphatic rings. The quantitative estimate of drug-likeness (QED) is 0.154. The summed E-state index contributed by atoms with van der Waals surface area (Å²) >= 11 is 0. The molecular formula is C45H73NO13. The van der Waals surface area contributed by atoms with Gasteiger partial charge in [-0.15, -0.1) is 6.58 Å². The van der Waals surface area contributed by atoms with Crippen LogP contribution in [0.15, 0.2) is 36.0 Å².